The molecule has 148 valence electrons. The number of pyridine rings is 1. The molecule has 0 bridgehead atoms. The van der Waals surface area contributed by atoms with Crippen molar-refractivity contribution >= 4 is 21.6 Å². The predicted octanol–water partition coefficient (Wildman–Crippen LogP) is 3.80. The Morgan fingerprint density at radius 2 is 1.74 bits per heavy atom. The third kappa shape index (κ3) is 6.99. The first-order valence-electron chi connectivity index (χ1n) is 10.5. The smallest absolute Gasteiger partial charge is 0.272 e. The van der Waals surface area contributed by atoms with Crippen LogP contribution in [0.4, 0.5) is 0 Å². The molecule has 1 saturated heterocycles. The lowest BCUT2D eigenvalue weighted by Crippen LogP contribution is -2.51. The number of carbonyl (C=O) groups is 1. The highest BCUT2D eigenvalue weighted by atomic mass is 16.2. The zero-order valence-corrected chi connectivity index (χ0v) is 18.5. The molecule has 1 aliphatic rings. The first-order chi connectivity index (χ1) is 12.9. The van der Waals surface area contributed by atoms with Crippen LogP contribution in [0.5, 0.6) is 0 Å². The van der Waals surface area contributed by atoms with Crippen LogP contribution in [0.25, 0.3) is 0 Å². The number of likely N-dealkylation sites (tertiary alicyclic amines) is 1. The molecule has 1 aliphatic heterocycles. The van der Waals surface area contributed by atoms with E-state index < -0.39 is 5.34 Å². The summed E-state index contributed by atoms with van der Waals surface area (Å²) in [7, 11) is 14.5. The molecule has 1 aromatic heterocycles. The van der Waals surface area contributed by atoms with Crippen molar-refractivity contribution in [2.45, 2.75) is 66.1 Å². The predicted molar refractivity (Wildman–Crippen MR) is 117 cm³/mol. The minimum atomic E-state index is -1.14. The summed E-state index contributed by atoms with van der Waals surface area (Å²) in [6.07, 6.45) is 3.40. The summed E-state index contributed by atoms with van der Waals surface area (Å²) in [4.78, 5) is 20.4. The van der Waals surface area contributed by atoms with Gasteiger partial charge in [-0.15, -0.1) is 0 Å². The number of piperidine rings is 1. The molecule has 1 aromatic rings. The highest BCUT2D eigenvalue weighted by molar-refractivity contribution is 6.39. The number of carbonyl (C=O) groups excluding carboxylic acids is 1. The average Bonchev–Trinajstić information content (AvgIpc) is 2.75. The van der Waals surface area contributed by atoms with Gasteiger partial charge in [0.1, 0.15) is 5.69 Å². The Labute approximate surface area is 169 Å². The Morgan fingerprint density at radius 3 is 2.22 bits per heavy atom. The lowest BCUT2D eigenvalue weighted by molar-refractivity contribution is 0.0795. The minimum absolute atomic E-state index is 0.116. The van der Waals surface area contributed by atoms with Crippen molar-refractivity contribution in [2.24, 2.45) is 5.92 Å². The first-order valence-corrected chi connectivity index (χ1v) is 10.5. The summed E-state index contributed by atoms with van der Waals surface area (Å²) in [5.41, 5.74) is 0.929. The van der Waals surface area contributed by atoms with Crippen LogP contribution in [-0.2, 0) is 5.34 Å². The van der Waals surface area contributed by atoms with Gasteiger partial charge in [-0.25, -0.2) is 4.98 Å². The van der Waals surface area contributed by atoms with Crippen molar-refractivity contribution in [3.8, 4) is 0 Å². The second-order valence-electron chi connectivity index (χ2n) is 6.39. The van der Waals surface area contributed by atoms with Crippen molar-refractivity contribution < 1.29 is 4.79 Å². The molecule has 2 heterocycles. The highest BCUT2D eigenvalue weighted by Gasteiger charge is 2.32. The van der Waals surface area contributed by atoms with Crippen LogP contribution in [0, 0.1) is 5.92 Å². The Balaban J connectivity index is 0.00000158. The molecule has 0 unspecified atom stereocenters. The van der Waals surface area contributed by atoms with Crippen molar-refractivity contribution in [2.75, 3.05) is 26.7 Å². The van der Waals surface area contributed by atoms with Gasteiger partial charge in [-0.2, -0.15) is 0 Å². The molecular weight excluding hydrogens is 332 g/mol. The number of amides is 1. The molecule has 1 fully saturated rings. The van der Waals surface area contributed by atoms with E-state index in [1.54, 1.807) is 30.1 Å². The molecule has 2 rings (SSSR count). The van der Waals surface area contributed by atoms with Gasteiger partial charge in [0.05, 0.1) is 15.7 Å². The quantitative estimate of drug-likeness (QED) is 0.741. The van der Waals surface area contributed by atoms with E-state index in [-0.39, 0.29) is 5.91 Å². The van der Waals surface area contributed by atoms with E-state index in [1.165, 1.54) is 6.42 Å². The summed E-state index contributed by atoms with van der Waals surface area (Å²) in [5, 5.41) is -1.14. The van der Waals surface area contributed by atoms with E-state index >= 15 is 0 Å². The van der Waals surface area contributed by atoms with E-state index in [1.807, 2.05) is 34.6 Å². The summed E-state index contributed by atoms with van der Waals surface area (Å²) in [6.45, 7) is 14.5. The van der Waals surface area contributed by atoms with Gasteiger partial charge >= 0.3 is 0 Å². The number of aromatic nitrogens is 1. The van der Waals surface area contributed by atoms with Gasteiger partial charge < -0.3 is 9.80 Å². The van der Waals surface area contributed by atoms with Crippen LogP contribution in [0.3, 0.4) is 0 Å². The standard InChI is InChI=1S/C17H25B2N3O.2C2H6/c1-4-13-9-11-22(12-10-13)17(18,19)15-8-6-7-14(20-15)16(23)21(3)5-2;2*1-2/h6-8,13H,4-5,9-12H2,1-3H3;2*1-2H3. The van der Waals surface area contributed by atoms with Gasteiger partial charge in [0.25, 0.3) is 5.91 Å². The van der Waals surface area contributed by atoms with Crippen LogP contribution < -0.4 is 0 Å². The van der Waals surface area contributed by atoms with Crippen molar-refractivity contribution in [3.63, 3.8) is 0 Å². The van der Waals surface area contributed by atoms with Gasteiger partial charge in [-0.1, -0.05) is 47.1 Å². The largest absolute Gasteiger partial charge is 0.341 e. The number of hydrogen-bond acceptors (Lipinski definition) is 3. The molecule has 6 heteroatoms. The fourth-order valence-corrected chi connectivity index (χ4v) is 2.99. The van der Waals surface area contributed by atoms with Gasteiger partial charge in [0.15, 0.2) is 0 Å². The van der Waals surface area contributed by atoms with Crippen LogP contribution in [0.2, 0.25) is 0 Å². The molecular formula is C21H37B2N3O. The molecule has 1 amide bonds. The van der Waals surface area contributed by atoms with Crippen molar-refractivity contribution in [3.05, 3.63) is 29.6 Å². The number of hydrogen-bond donors (Lipinski definition) is 0. The maximum absolute atomic E-state index is 12.3. The van der Waals surface area contributed by atoms with Crippen LogP contribution in [-0.4, -0.2) is 63.1 Å². The summed E-state index contributed by atoms with van der Waals surface area (Å²) >= 11 is 0. The molecule has 4 nitrogen and oxygen atoms in total. The van der Waals surface area contributed by atoms with E-state index in [0.717, 1.165) is 31.8 Å². The van der Waals surface area contributed by atoms with Crippen molar-refractivity contribution in [1.29, 1.82) is 0 Å². The summed E-state index contributed by atoms with van der Waals surface area (Å²) in [5.74, 6) is 0.635. The summed E-state index contributed by atoms with van der Waals surface area (Å²) < 4.78 is 0. The normalized spacial score (nSPS) is 15.1. The highest BCUT2D eigenvalue weighted by Crippen LogP contribution is 2.28. The van der Waals surface area contributed by atoms with Crippen LogP contribution in [0.1, 0.15) is 77.0 Å². The van der Waals surface area contributed by atoms with Crippen LogP contribution >= 0.6 is 0 Å². The molecule has 0 aromatic carbocycles. The number of rotatable bonds is 5. The molecule has 0 N–H and O–H groups in total. The first kappa shape index (κ1) is 25.7. The van der Waals surface area contributed by atoms with Gasteiger partial charge in [0, 0.05) is 19.3 Å². The van der Waals surface area contributed by atoms with Crippen molar-refractivity contribution in [1.82, 2.24) is 14.8 Å². The second kappa shape index (κ2) is 13.0. The lowest BCUT2D eigenvalue weighted by atomic mass is 9.58. The fraction of sp³-hybridized carbons (Fsp3) is 0.714. The minimum Gasteiger partial charge on any atom is -0.341 e. The zero-order valence-electron chi connectivity index (χ0n) is 18.5. The Hall–Kier alpha value is -1.29. The maximum atomic E-state index is 12.3. The molecule has 0 saturated carbocycles. The molecule has 4 radical (unpaired) electrons. The maximum Gasteiger partial charge on any atom is 0.272 e. The Morgan fingerprint density at radius 1 is 1.19 bits per heavy atom. The SMILES string of the molecule is CC.CC.[B]C([B])(c1cccc(C(=O)N(C)CC)n1)N1CCC(CC)CC1. The molecule has 0 spiro atoms. The topological polar surface area (TPSA) is 36.4 Å². The molecule has 0 aliphatic carbocycles. The third-order valence-corrected chi connectivity index (χ3v) is 4.91. The van der Waals surface area contributed by atoms with Gasteiger partial charge in [-0.05, 0) is 56.2 Å². The van der Waals surface area contributed by atoms with E-state index in [4.69, 9.17) is 15.7 Å². The Bertz CT molecular complexity index is 544. The second-order valence-corrected chi connectivity index (χ2v) is 6.39. The lowest BCUT2D eigenvalue weighted by Gasteiger charge is -2.43. The average molecular weight is 369 g/mol. The van der Waals surface area contributed by atoms with Gasteiger partial charge in [-0.3, -0.25) is 4.79 Å². The Kier molecular flexibility index (Phi) is 12.4. The summed E-state index contributed by atoms with van der Waals surface area (Å²) in [6, 6.07) is 5.30. The zero-order chi connectivity index (χ0) is 21.0. The van der Waals surface area contributed by atoms with Gasteiger partial charge in [0.2, 0.25) is 0 Å². The molecule has 27 heavy (non-hydrogen) atoms. The van der Waals surface area contributed by atoms with Crippen LogP contribution in [0.15, 0.2) is 18.2 Å². The fourth-order valence-electron chi connectivity index (χ4n) is 2.99. The monoisotopic (exact) mass is 369 g/mol. The number of nitrogens with zero attached hydrogens (tertiary/aromatic N) is 3. The molecule has 0 atom stereocenters. The third-order valence-electron chi connectivity index (χ3n) is 4.91. The van der Waals surface area contributed by atoms with E-state index in [9.17, 15) is 4.79 Å². The van der Waals surface area contributed by atoms with E-state index in [0.29, 0.717) is 17.9 Å². The van der Waals surface area contributed by atoms with E-state index in [2.05, 4.69) is 16.8 Å².